The number of hydrogen-bond donors (Lipinski definition) is 1. The Morgan fingerprint density at radius 1 is 1.19 bits per heavy atom. The predicted molar refractivity (Wildman–Crippen MR) is 109 cm³/mol. The Morgan fingerprint density at radius 2 is 1.81 bits per heavy atom. The monoisotopic (exact) mass is 375 g/mol. The summed E-state index contributed by atoms with van der Waals surface area (Å²) in [4.78, 5) is 30.2. The van der Waals surface area contributed by atoms with E-state index < -0.39 is 0 Å². The van der Waals surface area contributed by atoms with Gasteiger partial charge >= 0.3 is 0 Å². The molecule has 0 spiro atoms. The molecule has 142 valence electrons. The second kappa shape index (κ2) is 9.78. The van der Waals surface area contributed by atoms with Crippen LogP contribution in [0.5, 0.6) is 0 Å². The first-order chi connectivity index (χ1) is 12.4. The molecule has 1 heterocycles. The van der Waals surface area contributed by atoms with Gasteiger partial charge in [0.1, 0.15) is 0 Å². The van der Waals surface area contributed by atoms with E-state index in [4.69, 9.17) is 12.2 Å². The summed E-state index contributed by atoms with van der Waals surface area (Å²) in [6, 6.07) is 0. The fraction of sp³-hybridized carbons (Fsp3) is 0.550. The largest absolute Gasteiger partial charge is 0.389 e. The summed E-state index contributed by atoms with van der Waals surface area (Å²) >= 11 is 5.21. The summed E-state index contributed by atoms with van der Waals surface area (Å²) in [7, 11) is 0. The topological polar surface area (TPSA) is 52.7 Å². The molecule has 0 radical (unpaired) electrons. The molecule has 1 N–H and O–H groups in total. The molecule has 1 aliphatic carbocycles. The first-order valence-corrected chi connectivity index (χ1v) is 9.60. The van der Waals surface area contributed by atoms with Crippen molar-refractivity contribution in [3.63, 3.8) is 0 Å². The van der Waals surface area contributed by atoms with Crippen molar-refractivity contribution < 1.29 is 9.59 Å². The van der Waals surface area contributed by atoms with Crippen molar-refractivity contribution in [3.05, 3.63) is 36.1 Å². The third kappa shape index (κ3) is 5.61. The van der Waals surface area contributed by atoms with E-state index in [2.05, 4.69) is 21.7 Å². The van der Waals surface area contributed by atoms with Crippen molar-refractivity contribution >= 4 is 28.8 Å². The van der Waals surface area contributed by atoms with Crippen molar-refractivity contribution in [2.75, 3.05) is 39.3 Å². The lowest BCUT2D eigenvalue weighted by molar-refractivity contribution is -0.125. The minimum atomic E-state index is -0.0689. The van der Waals surface area contributed by atoms with E-state index in [1.54, 1.807) is 12.3 Å². The molecule has 26 heavy (non-hydrogen) atoms. The van der Waals surface area contributed by atoms with Crippen LogP contribution in [0.4, 0.5) is 0 Å². The maximum Gasteiger partial charge on any atom is 0.168 e. The van der Waals surface area contributed by atoms with Crippen LogP contribution in [0.3, 0.4) is 0 Å². The van der Waals surface area contributed by atoms with Crippen LogP contribution in [-0.2, 0) is 9.59 Å². The normalized spacial score (nSPS) is 22.4. The second-order valence-electron chi connectivity index (χ2n) is 6.96. The molecule has 5 nitrogen and oxygen atoms in total. The standard InChI is InChI=1S/C20H29N3O2S/c1-4-5-15(2)17-12-19(24)18(20(25)13-17)14-21-6-7-22-8-10-23(11-9-22)16(3)26/h4-5,14,17,21H,1,6-13H2,2-3H3/b15-5+,18-14?. The van der Waals surface area contributed by atoms with Crippen molar-refractivity contribution in [2.24, 2.45) is 5.92 Å². The quantitative estimate of drug-likeness (QED) is 0.252. The van der Waals surface area contributed by atoms with Crippen LogP contribution in [0.25, 0.3) is 0 Å². The summed E-state index contributed by atoms with van der Waals surface area (Å²) in [5.41, 5.74) is 1.35. The average Bonchev–Trinajstić information content (AvgIpc) is 2.60. The Hall–Kier alpha value is -1.79. The molecule has 0 amide bonds. The smallest absolute Gasteiger partial charge is 0.168 e. The lowest BCUT2D eigenvalue weighted by Crippen LogP contribution is -2.48. The Balaban J connectivity index is 1.78. The summed E-state index contributed by atoms with van der Waals surface area (Å²) in [6.45, 7) is 13.1. The zero-order chi connectivity index (χ0) is 19.1. The Bertz CT molecular complexity index is 611. The van der Waals surface area contributed by atoms with E-state index >= 15 is 0 Å². The lowest BCUT2D eigenvalue weighted by atomic mass is 9.80. The number of piperazine rings is 1. The van der Waals surface area contributed by atoms with Gasteiger partial charge in [-0.2, -0.15) is 0 Å². The highest BCUT2D eigenvalue weighted by molar-refractivity contribution is 7.80. The van der Waals surface area contributed by atoms with Gasteiger partial charge in [-0.15, -0.1) is 0 Å². The highest BCUT2D eigenvalue weighted by atomic mass is 32.1. The average molecular weight is 376 g/mol. The number of rotatable bonds is 6. The van der Waals surface area contributed by atoms with Crippen LogP contribution in [0.15, 0.2) is 36.1 Å². The van der Waals surface area contributed by atoms with Gasteiger partial charge in [0.25, 0.3) is 0 Å². The highest BCUT2D eigenvalue weighted by Gasteiger charge is 2.31. The fourth-order valence-electron chi connectivity index (χ4n) is 3.38. The third-order valence-corrected chi connectivity index (χ3v) is 5.38. The number of carbonyl (C=O) groups excluding carboxylic acids is 2. The van der Waals surface area contributed by atoms with E-state index in [-0.39, 0.29) is 17.5 Å². The van der Waals surface area contributed by atoms with E-state index in [9.17, 15) is 9.59 Å². The van der Waals surface area contributed by atoms with E-state index in [1.807, 2.05) is 19.9 Å². The molecule has 2 rings (SSSR count). The molecule has 1 saturated heterocycles. The summed E-state index contributed by atoms with van der Waals surface area (Å²) < 4.78 is 0. The van der Waals surface area contributed by atoms with E-state index in [1.165, 1.54) is 0 Å². The van der Waals surface area contributed by atoms with Gasteiger partial charge in [0.2, 0.25) is 0 Å². The van der Waals surface area contributed by atoms with Crippen LogP contribution in [0.2, 0.25) is 0 Å². The molecular formula is C20H29N3O2S. The predicted octanol–water partition coefficient (Wildman–Crippen LogP) is 2.11. The van der Waals surface area contributed by atoms with Crippen molar-refractivity contribution in [2.45, 2.75) is 26.7 Å². The van der Waals surface area contributed by atoms with Gasteiger partial charge in [-0.25, -0.2) is 0 Å². The molecule has 0 unspecified atom stereocenters. The molecule has 1 saturated carbocycles. The van der Waals surface area contributed by atoms with Crippen molar-refractivity contribution in [1.29, 1.82) is 0 Å². The van der Waals surface area contributed by atoms with Gasteiger partial charge < -0.3 is 10.2 Å². The molecule has 1 aliphatic heterocycles. The molecule has 0 aromatic rings. The van der Waals surface area contributed by atoms with Gasteiger partial charge in [0.05, 0.1) is 10.6 Å². The zero-order valence-corrected chi connectivity index (χ0v) is 16.6. The molecule has 0 bridgehead atoms. The lowest BCUT2D eigenvalue weighted by Gasteiger charge is -2.35. The first-order valence-electron chi connectivity index (χ1n) is 9.19. The van der Waals surface area contributed by atoms with Gasteiger partial charge in [-0.1, -0.05) is 36.5 Å². The molecule has 6 heteroatoms. The molecule has 2 fully saturated rings. The minimum absolute atomic E-state index is 0.00564. The minimum Gasteiger partial charge on any atom is -0.389 e. The van der Waals surface area contributed by atoms with Crippen LogP contribution >= 0.6 is 12.2 Å². The fourth-order valence-corrected chi connectivity index (χ4v) is 3.57. The highest BCUT2D eigenvalue weighted by Crippen LogP contribution is 2.28. The molecule has 0 aromatic heterocycles. The number of Topliss-reactive ketones (excluding diaryl/α,β-unsaturated/α-hetero) is 2. The van der Waals surface area contributed by atoms with E-state index in [0.29, 0.717) is 18.4 Å². The number of nitrogens with one attached hydrogen (secondary N) is 1. The number of hydrogen-bond acceptors (Lipinski definition) is 5. The van der Waals surface area contributed by atoms with Gasteiger partial charge in [0, 0.05) is 58.3 Å². The number of allylic oxidation sites excluding steroid dienone is 4. The third-order valence-electron chi connectivity index (χ3n) is 5.13. The Labute approximate surface area is 161 Å². The Kier molecular flexibility index (Phi) is 7.72. The van der Waals surface area contributed by atoms with Crippen LogP contribution in [0, 0.1) is 5.92 Å². The molecule has 0 atom stereocenters. The first kappa shape index (κ1) is 20.5. The second-order valence-corrected chi connectivity index (χ2v) is 7.55. The summed E-state index contributed by atoms with van der Waals surface area (Å²) in [5.74, 6) is -0.132. The van der Waals surface area contributed by atoms with Gasteiger partial charge in [0.15, 0.2) is 11.6 Å². The molecule has 0 aromatic carbocycles. The van der Waals surface area contributed by atoms with Gasteiger partial charge in [-0.3, -0.25) is 14.5 Å². The number of carbonyl (C=O) groups is 2. The summed E-state index contributed by atoms with van der Waals surface area (Å²) in [5, 5.41) is 3.15. The van der Waals surface area contributed by atoms with Gasteiger partial charge in [-0.05, 0) is 19.8 Å². The SMILES string of the molecule is C=C/C=C(\C)C1CC(=O)C(=CNCCN2CCN(C(C)=S)CC2)C(=O)C1. The number of ketones is 2. The number of nitrogens with zero attached hydrogens (tertiary/aromatic N) is 2. The van der Waals surface area contributed by atoms with E-state index in [0.717, 1.165) is 49.8 Å². The van der Waals surface area contributed by atoms with Crippen LogP contribution < -0.4 is 5.32 Å². The Morgan fingerprint density at radius 3 is 2.35 bits per heavy atom. The van der Waals surface area contributed by atoms with Crippen molar-refractivity contribution in [1.82, 2.24) is 15.1 Å². The summed E-state index contributed by atoms with van der Waals surface area (Å²) in [6.07, 6.45) is 5.99. The molecular weight excluding hydrogens is 346 g/mol. The van der Waals surface area contributed by atoms with Crippen molar-refractivity contribution in [3.8, 4) is 0 Å². The maximum atomic E-state index is 12.3. The maximum absolute atomic E-state index is 12.3. The van der Waals surface area contributed by atoms with Crippen LogP contribution in [0.1, 0.15) is 26.7 Å². The zero-order valence-electron chi connectivity index (χ0n) is 15.8. The number of thiocarbonyl (C=S) groups is 1. The van der Waals surface area contributed by atoms with Crippen LogP contribution in [-0.4, -0.2) is 65.6 Å². The molecule has 2 aliphatic rings.